The first-order valence-corrected chi connectivity index (χ1v) is 8.60. The van der Waals surface area contributed by atoms with Crippen molar-refractivity contribution in [2.24, 2.45) is 5.92 Å². The predicted octanol–water partition coefficient (Wildman–Crippen LogP) is 3.23. The molecule has 4 rings (SSSR count). The molecule has 1 aromatic carbocycles. The summed E-state index contributed by atoms with van der Waals surface area (Å²) in [6.45, 7) is 2.16. The highest BCUT2D eigenvalue weighted by Crippen LogP contribution is 2.36. The molecule has 1 heterocycles. The average Bonchev–Trinajstić information content (AvgIpc) is 3.21. The molecule has 1 saturated carbocycles. The minimum Gasteiger partial charge on any atom is -0.337 e. The molecular weight excluding hydrogens is 286 g/mol. The summed E-state index contributed by atoms with van der Waals surface area (Å²) in [6, 6.07) is 10.4. The SMILES string of the molecule is C[C@@H](C1CC1)N(C)C(=O)c1nn(-c2ccccc2)c2c1CCC2. The van der Waals surface area contributed by atoms with Gasteiger partial charge in [-0.3, -0.25) is 4.79 Å². The third-order valence-electron chi connectivity index (χ3n) is 5.37. The Hall–Kier alpha value is -2.10. The Morgan fingerprint density at radius 3 is 2.70 bits per heavy atom. The van der Waals surface area contributed by atoms with Crippen LogP contribution in [0.5, 0.6) is 0 Å². The zero-order valence-corrected chi connectivity index (χ0v) is 13.8. The first-order chi connectivity index (χ1) is 11.2. The van der Waals surface area contributed by atoms with Gasteiger partial charge in [-0.05, 0) is 57.1 Å². The van der Waals surface area contributed by atoms with Crippen molar-refractivity contribution >= 4 is 5.91 Å². The number of rotatable bonds is 4. The number of nitrogens with zero attached hydrogens (tertiary/aromatic N) is 3. The van der Waals surface area contributed by atoms with E-state index in [2.05, 4.69) is 19.1 Å². The number of carbonyl (C=O) groups excluding carboxylic acids is 1. The minimum atomic E-state index is 0.0808. The molecule has 0 N–H and O–H groups in total. The maximum absolute atomic E-state index is 13.0. The number of hydrogen-bond acceptors (Lipinski definition) is 2. The highest BCUT2D eigenvalue weighted by atomic mass is 16.2. The van der Waals surface area contributed by atoms with Gasteiger partial charge in [-0.1, -0.05) is 18.2 Å². The lowest BCUT2D eigenvalue weighted by Crippen LogP contribution is -2.37. The van der Waals surface area contributed by atoms with E-state index in [1.165, 1.54) is 18.5 Å². The van der Waals surface area contributed by atoms with Crippen molar-refractivity contribution in [3.8, 4) is 5.69 Å². The molecule has 1 aromatic heterocycles. The molecule has 0 radical (unpaired) electrons. The van der Waals surface area contributed by atoms with Crippen LogP contribution < -0.4 is 0 Å². The maximum atomic E-state index is 13.0. The number of fused-ring (bicyclic) bond motifs is 1. The van der Waals surface area contributed by atoms with Crippen LogP contribution in [0.4, 0.5) is 0 Å². The first kappa shape index (κ1) is 14.5. The van der Waals surface area contributed by atoms with Crippen molar-refractivity contribution in [3.63, 3.8) is 0 Å². The van der Waals surface area contributed by atoms with E-state index in [0.717, 1.165) is 30.5 Å². The summed E-state index contributed by atoms with van der Waals surface area (Å²) >= 11 is 0. The quantitative estimate of drug-likeness (QED) is 0.869. The summed E-state index contributed by atoms with van der Waals surface area (Å²) in [4.78, 5) is 14.9. The summed E-state index contributed by atoms with van der Waals surface area (Å²) in [5.41, 5.74) is 4.08. The van der Waals surface area contributed by atoms with Gasteiger partial charge in [0.25, 0.3) is 5.91 Å². The molecule has 1 amide bonds. The molecule has 2 aliphatic carbocycles. The molecule has 0 bridgehead atoms. The average molecular weight is 309 g/mol. The third-order valence-corrected chi connectivity index (χ3v) is 5.37. The fourth-order valence-electron chi connectivity index (χ4n) is 3.64. The van der Waals surface area contributed by atoms with Crippen molar-refractivity contribution in [2.75, 3.05) is 7.05 Å². The normalized spacial score (nSPS) is 17.8. The minimum absolute atomic E-state index is 0.0808. The third kappa shape index (κ3) is 2.46. The second-order valence-corrected chi connectivity index (χ2v) is 6.87. The van der Waals surface area contributed by atoms with Crippen LogP contribution in [0.2, 0.25) is 0 Å². The zero-order chi connectivity index (χ0) is 16.0. The van der Waals surface area contributed by atoms with E-state index in [1.54, 1.807) is 0 Å². The van der Waals surface area contributed by atoms with Crippen molar-refractivity contribution < 1.29 is 4.79 Å². The van der Waals surface area contributed by atoms with Crippen LogP contribution in [0.25, 0.3) is 5.69 Å². The second kappa shape index (κ2) is 5.52. The summed E-state index contributed by atoms with van der Waals surface area (Å²) in [7, 11) is 1.92. The zero-order valence-electron chi connectivity index (χ0n) is 13.8. The molecule has 4 heteroatoms. The van der Waals surface area contributed by atoms with E-state index in [-0.39, 0.29) is 5.91 Å². The van der Waals surface area contributed by atoms with Gasteiger partial charge >= 0.3 is 0 Å². The van der Waals surface area contributed by atoms with E-state index in [4.69, 9.17) is 5.10 Å². The number of benzene rings is 1. The largest absolute Gasteiger partial charge is 0.337 e. The lowest BCUT2D eigenvalue weighted by Gasteiger charge is -2.24. The van der Waals surface area contributed by atoms with Crippen LogP contribution in [0.15, 0.2) is 30.3 Å². The predicted molar refractivity (Wildman–Crippen MR) is 89.9 cm³/mol. The second-order valence-electron chi connectivity index (χ2n) is 6.87. The standard InChI is InChI=1S/C19H23N3O/c1-13(14-11-12-14)21(2)19(23)18-16-9-6-10-17(16)22(20-18)15-7-4-3-5-8-15/h3-5,7-8,13-14H,6,9-12H2,1-2H3/t13-/m0/s1. The maximum Gasteiger partial charge on any atom is 0.274 e. The molecule has 0 spiro atoms. The fourth-order valence-corrected chi connectivity index (χ4v) is 3.64. The molecule has 2 aliphatic rings. The molecule has 0 saturated heterocycles. The highest BCUT2D eigenvalue weighted by Gasteiger charge is 2.35. The topological polar surface area (TPSA) is 38.1 Å². The van der Waals surface area contributed by atoms with E-state index < -0.39 is 0 Å². The Morgan fingerprint density at radius 1 is 1.26 bits per heavy atom. The Kier molecular flexibility index (Phi) is 3.47. The molecule has 4 nitrogen and oxygen atoms in total. The first-order valence-electron chi connectivity index (χ1n) is 8.60. The molecule has 120 valence electrons. The van der Waals surface area contributed by atoms with Crippen molar-refractivity contribution in [3.05, 3.63) is 47.3 Å². The summed E-state index contributed by atoms with van der Waals surface area (Å²) < 4.78 is 1.98. The van der Waals surface area contributed by atoms with E-state index >= 15 is 0 Å². The van der Waals surface area contributed by atoms with Gasteiger partial charge in [0.2, 0.25) is 0 Å². The molecule has 1 fully saturated rings. The number of aromatic nitrogens is 2. The molecule has 0 aliphatic heterocycles. The van der Waals surface area contributed by atoms with Gasteiger partial charge < -0.3 is 4.90 Å². The number of para-hydroxylation sites is 1. The number of hydrogen-bond donors (Lipinski definition) is 0. The van der Waals surface area contributed by atoms with Crippen LogP contribution >= 0.6 is 0 Å². The molecule has 2 aromatic rings. The van der Waals surface area contributed by atoms with Gasteiger partial charge in [-0.15, -0.1) is 0 Å². The van der Waals surface area contributed by atoms with E-state index in [9.17, 15) is 4.79 Å². The lowest BCUT2D eigenvalue weighted by atomic mass is 10.1. The molecule has 1 atom stereocenters. The van der Waals surface area contributed by atoms with Crippen LogP contribution in [0.3, 0.4) is 0 Å². The monoisotopic (exact) mass is 309 g/mol. The molecule has 0 unspecified atom stereocenters. The van der Waals surface area contributed by atoms with Crippen molar-refractivity contribution in [2.45, 2.75) is 45.1 Å². The molecular formula is C19H23N3O. The lowest BCUT2D eigenvalue weighted by molar-refractivity contribution is 0.0720. The van der Waals surface area contributed by atoms with Crippen LogP contribution in [-0.2, 0) is 12.8 Å². The van der Waals surface area contributed by atoms with Crippen LogP contribution in [0.1, 0.15) is 47.9 Å². The van der Waals surface area contributed by atoms with E-state index in [1.807, 2.05) is 34.8 Å². The molecule has 23 heavy (non-hydrogen) atoms. The summed E-state index contributed by atoms with van der Waals surface area (Å²) in [5, 5.41) is 4.71. The van der Waals surface area contributed by atoms with E-state index in [0.29, 0.717) is 17.7 Å². The van der Waals surface area contributed by atoms with Crippen molar-refractivity contribution in [1.29, 1.82) is 0 Å². The smallest absolute Gasteiger partial charge is 0.274 e. The van der Waals surface area contributed by atoms with Gasteiger partial charge in [-0.25, -0.2) is 4.68 Å². The summed E-state index contributed by atoms with van der Waals surface area (Å²) in [5.74, 6) is 0.755. The van der Waals surface area contributed by atoms with Gasteiger partial charge in [0.05, 0.1) is 5.69 Å². The Morgan fingerprint density at radius 2 is 2.00 bits per heavy atom. The van der Waals surface area contributed by atoms with Gasteiger partial charge in [0.1, 0.15) is 0 Å². The van der Waals surface area contributed by atoms with Gasteiger partial charge in [0, 0.05) is 24.3 Å². The number of amides is 1. The van der Waals surface area contributed by atoms with Crippen LogP contribution in [-0.4, -0.2) is 33.7 Å². The van der Waals surface area contributed by atoms with Gasteiger partial charge in [0.15, 0.2) is 5.69 Å². The Labute approximate surface area is 137 Å². The van der Waals surface area contributed by atoms with Crippen molar-refractivity contribution in [1.82, 2.24) is 14.7 Å². The Bertz CT molecular complexity index is 731. The number of carbonyl (C=O) groups is 1. The Balaban J connectivity index is 1.71. The van der Waals surface area contributed by atoms with Crippen LogP contribution in [0, 0.1) is 5.92 Å². The van der Waals surface area contributed by atoms with Gasteiger partial charge in [-0.2, -0.15) is 5.10 Å². The summed E-state index contributed by atoms with van der Waals surface area (Å²) in [6.07, 6.45) is 5.58. The highest BCUT2D eigenvalue weighted by molar-refractivity contribution is 5.94. The fraction of sp³-hybridized carbons (Fsp3) is 0.474.